The molecule has 1 heterocycles. The summed E-state index contributed by atoms with van der Waals surface area (Å²) in [6, 6.07) is 20.2. The number of hydrogen-bond acceptors (Lipinski definition) is 7. The van der Waals surface area contributed by atoms with Crippen LogP contribution in [0.25, 0.3) is 22.8 Å². The third-order valence-corrected chi connectivity index (χ3v) is 5.04. The van der Waals surface area contributed by atoms with Gasteiger partial charge in [-0.3, -0.25) is 4.79 Å². The van der Waals surface area contributed by atoms with Crippen molar-refractivity contribution >= 4 is 5.91 Å². The number of rotatable bonds is 8. The smallest absolute Gasteiger partial charge is 0.259 e. The number of hydrogen-bond donors (Lipinski definition) is 1. The Morgan fingerprint density at radius 1 is 0.909 bits per heavy atom. The van der Waals surface area contributed by atoms with Gasteiger partial charge in [0.05, 0.1) is 32.5 Å². The van der Waals surface area contributed by atoms with Crippen molar-refractivity contribution in [3.8, 4) is 40.1 Å². The molecule has 0 fully saturated rings. The maximum absolute atomic E-state index is 13.0. The Morgan fingerprint density at radius 2 is 1.58 bits per heavy atom. The van der Waals surface area contributed by atoms with Gasteiger partial charge in [-0.15, -0.1) is 0 Å². The van der Waals surface area contributed by atoms with Gasteiger partial charge >= 0.3 is 0 Å². The van der Waals surface area contributed by atoms with Gasteiger partial charge in [-0.2, -0.15) is 4.98 Å². The second-order valence-electron chi connectivity index (χ2n) is 7.05. The van der Waals surface area contributed by atoms with E-state index in [-0.39, 0.29) is 18.3 Å². The van der Waals surface area contributed by atoms with Crippen molar-refractivity contribution < 1.29 is 23.5 Å². The number of ether oxygens (including phenoxy) is 3. The number of carbonyl (C=O) groups excluding carboxylic acids is 1. The predicted octanol–water partition coefficient (Wildman–Crippen LogP) is 4.36. The van der Waals surface area contributed by atoms with E-state index in [1.165, 1.54) is 0 Å². The Labute approximate surface area is 191 Å². The zero-order valence-electron chi connectivity index (χ0n) is 18.5. The largest absolute Gasteiger partial charge is 0.493 e. The minimum Gasteiger partial charge on any atom is -0.493 e. The number of carbonyl (C=O) groups is 1. The van der Waals surface area contributed by atoms with Gasteiger partial charge in [0, 0.05) is 12.1 Å². The van der Waals surface area contributed by atoms with E-state index in [0.717, 1.165) is 11.1 Å². The van der Waals surface area contributed by atoms with Crippen LogP contribution in [0, 0.1) is 0 Å². The molecule has 0 aliphatic heterocycles. The SMILES string of the molecule is COc1cc(CNC(=O)c2ccccc2-c2nc(-c3ccccc3)no2)cc(OC)c1OC. The number of benzene rings is 3. The molecule has 0 spiro atoms. The van der Waals surface area contributed by atoms with Crippen LogP contribution in [0.4, 0.5) is 0 Å². The Kier molecular flexibility index (Phi) is 6.54. The van der Waals surface area contributed by atoms with Crippen LogP contribution < -0.4 is 19.5 Å². The minimum absolute atomic E-state index is 0.253. The molecule has 8 nitrogen and oxygen atoms in total. The summed E-state index contributed by atoms with van der Waals surface area (Å²) in [5.41, 5.74) is 2.60. The van der Waals surface area contributed by atoms with Gasteiger partial charge in [-0.1, -0.05) is 47.6 Å². The first-order chi connectivity index (χ1) is 16.1. The Bertz CT molecular complexity index is 1230. The fraction of sp³-hybridized carbons (Fsp3) is 0.160. The van der Waals surface area contributed by atoms with E-state index in [1.807, 2.05) is 36.4 Å². The third kappa shape index (κ3) is 4.64. The summed E-state index contributed by atoms with van der Waals surface area (Å²) < 4.78 is 21.6. The molecule has 0 radical (unpaired) electrons. The van der Waals surface area contributed by atoms with E-state index in [2.05, 4.69) is 15.5 Å². The van der Waals surface area contributed by atoms with Crippen LogP contribution in [-0.4, -0.2) is 37.4 Å². The van der Waals surface area contributed by atoms with Gasteiger partial charge in [0.15, 0.2) is 11.5 Å². The summed E-state index contributed by atoms with van der Waals surface area (Å²) >= 11 is 0. The van der Waals surface area contributed by atoms with Crippen LogP contribution in [-0.2, 0) is 6.54 Å². The lowest BCUT2D eigenvalue weighted by molar-refractivity contribution is 0.0951. The van der Waals surface area contributed by atoms with E-state index in [1.54, 1.807) is 51.7 Å². The first kappa shape index (κ1) is 21.9. The number of amides is 1. The lowest BCUT2D eigenvalue weighted by Crippen LogP contribution is -2.23. The van der Waals surface area contributed by atoms with E-state index >= 15 is 0 Å². The summed E-state index contributed by atoms with van der Waals surface area (Å²) in [7, 11) is 4.63. The molecule has 4 rings (SSSR count). The maximum atomic E-state index is 13.0. The molecule has 1 aromatic heterocycles. The van der Waals surface area contributed by atoms with Crippen molar-refractivity contribution in [1.29, 1.82) is 0 Å². The molecule has 3 aromatic carbocycles. The molecule has 4 aromatic rings. The van der Waals surface area contributed by atoms with Crippen molar-refractivity contribution in [2.45, 2.75) is 6.54 Å². The Balaban J connectivity index is 1.56. The molecule has 1 N–H and O–H groups in total. The van der Waals surface area contributed by atoms with Crippen LogP contribution in [0.5, 0.6) is 17.2 Å². The summed E-state index contributed by atoms with van der Waals surface area (Å²) in [6.45, 7) is 0.253. The molecule has 1 amide bonds. The first-order valence-corrected chi connectivity index (χ1v) is 10.2. The molecule has 8 heteroatoms. The van der Waals surface area contributed by atoms with Gasteiger partial charge in [0.2, 0.25) is 11.6 Å². The lowest BCUT2D eigenvalue weighted by atomic mass is 10.1. The van der Waals surface area contributed by atoms with Gasteiger partial charge in [-0.05, 0) is 29.8 Å². The van der Waals surface area contributed by atoms with Crippen molar-refractivity contribution in [2.24, 2.45) is 0 Å². The highest BCUT2D eigenvalue weighted by molar-refractivity contribution is 6.00. The fourth-order valence-electron chi connectivity index (χ4n) is 3.42. The van der Waals surface area contributed by atoms with E-state index in [9.17, 15) is 4.79 Å². The number of aromatic nitrogens is 2. The molecular weight excluding hydrogens is 422 g/mol. The highest BCUT2D eigenvalue weighted by Gasteiger charge is 2.19. The van der Waals surface area contributed by atoms with Crippen LogP contribution in [0.1, 0.15) is 15.9 Å². The number of nitrogens with one attached hydrogen (secondary N) is 1. The lowest BCUT2D eigenvalue weighted by Gasteiger charge is -2.14. The average molecular weight is 445 g/mol. The van der Waals surface area contributed by atoms with Crippen LogP contribution in [0.3, 0.4) is 0 Å². The quantitative estimate of drug-likeness (QED) is 0.430. The Morgan fingerprint density at radius 3 is 2.24 bits per heavy atom. The molecule has 0 saturated heterocycles. The minimum atomic E-state index is -0.279. The molecule has 0 aliphatic carbocycles. The second kappa shape index (κ2) is 9.86. The number of nitrogens with zero attached hydrogens (tertiary/aromatic N) is 2. The van der Waals surface area contributed by atoms with Crippen molar-refractivity contribution in [2.75, 3.05) is 21.3 Å². The molecule has 0 atom stereocenters. The first-order valence-electron chi connectivity index (χ1n) is 10.2. The summed E-state index contributed by atoms with van der Waals surface area (Å²) in [5.74, 6) is 1.97. The van der Waals surface area contributed by atoms with Gasteiger partial charge in [-0.25, -0.2) is 0 Å². The maximum Gasteiger partial charge on any atom is 0.259 e. The average Bonchev–Trinajstić information content (AvgIpc) is 3.37. The topological polar surface area (TPSA) is 95.7 Å². The fourth-order valence-corrected chi connectivity index (χ4v) is 3.42. The monoisotopic (exact) mass is 445 g/mol. The zero-order valence-corrected chi connectivity index (χ0v) is 18.5. The highest BCUT2D eigenvalue weighted by Crippen LogP contribution is 2.38. The number of methoxy groups -OCH3 is 3. The van der Waals surface area contributed by atoms with Gasteiger partial charge in [0.1, 0.15) is 0 Å². The molecule has 0 aliphatic rings. The standard InChI is InChI=1S/C25H23N3O5/c1-30-20-13-16(14-21(31-2)22(20)32-3)15-26-24(29)18-11-7-8-12-19(18)25-27-23(28-33-25)17-9-5-4-6-10-17/h4-14H,15H2,1-3H3,(H,26,29). The summed E-state index contributed by atoms with van der Waals surface area (Å²) in [5, 5.41) is 6.98. The van der Waals surface area contributed by atoms with Crippen molar-refractivity contribution in [1.82, 2.24) is 15.5 Å². The molecule has 0 bridgehead atoms. The molecular formula is C25H23N3O5. The Hall–Kier alpha value is -4.33. The third-order valence-electron chi connectivity index (χ3n) is 5.04. The zero-order chi connectivity index (χ0) is 23.2. The highest BCUT2D eigenvalue weighted by atomic mass is 16.5. The molecule has 168 valence electrons. The molecule has 0 unspecified atom stereocenters. The van der Waals surface area contributed by atoms with E-state index in [4.69, 9.17) is 18.7 Å². The van der Waals surface area contributed by atoms with Crippen LogP contribution in [0.15, 0.2) is 71.3 Å². The van der Waals surface area contributed by atoms with E-state index < -0.39 is 0 Å². The van der Waals surface area contributed by atoms with Crippen molar-refractivity contribution in [3.63, 3.8) is 0 Å². The van der Waals surface area contributed by atoms with Gasteiger partial charge in [0.25, 0.3) is 11.8 Å². The molecule has 33 heavy (non-hydrogen) atoms. The molecule has 0 saturated carbocycles. The second-order valence-corrected chi connectivity index (χ2v) is 7.05. The summed E-state index contributed by atoms with van der Waals surface area (Å²) in [4.78, 5) is 17.5. The van der Waals surface area contributed by atoms with E-state index in [0.29, 0.717) is 34.2 Å². The predicted molar refractivity (Wildman–Crippen MR) is 122 cm³/mol. The van der Waals surface area contributed by atoms with Gasteiger partial charge < -0.3 is 24.1 Å². The van der Waals surface area contributed by atoms with Crippen LogP contribution >= 0.6 is 0 Å². The normalized spacial score (nSPS) is 10.5. The van der Waals surface area contributed by atoms with Crippen LogP contribution in [0.2, 0.25) is 0 Å². The summed E-state index contributed by atoms with van der Waals surface area (Å²) in [6.07, 6.45) is 0. The van der Waals surface area contributed by atoms with Crippen molar-refractivity contribution in [3.05, 3.63) is 77.9 Å².